The maximum absolute atomic E-state index is 12.1. The van der Waals surface area contributed by atoms with Gasteiger partial charge in [-0.1, -0.05) is 36.4 Å². The van der Waals surface area contributed by atoms with Crippen LogP contribution in [0.5, 0.6) is 0 Å². The lowest BCUT2D eigenvalue weighted by molar-refractivity contribution is -0.128. The van der Waals surface area contributed by atoms with Gasteiger partial charge in [0, 0.05) is 18.9 Å². The van der Waals surface area contributed by atoms with Gasteiger partial charge < -0.3 is 4.90 Å². The Balaban J connectivity index is 1.55. The van der Waals surface area contributed by atoms with Gasteiger partial charge in [0.25, 0.3) is 0 Å². The molecule has 1 aliphatic heterocycles. The summed E-state index contributed by atoms with van der Waals surface area (Å²) in [5, 5.41) is 0.310. The molecule has 1 atom stereocenters. The normalized spacial score (nSPS) is 17.9. The van der Waals surface area contributed by atoms with Crippen LogP contribution in [-0.2, 0) is 17.6 Å². The zero-order valence-electron chi connectivity index (χ0n) is 12.5. The molecule has 4 heteroatoms. The molecule has 1 unspecified atom stereocenters. The number of aryl methyl sites for hydroxylation is 1. The second kappa shape index (κ2) is 7.45. The third-order valence-corrected chi connectivity index (χ3v) is 5.24. The highest BCUT2D eigenvalue weighted by Crippen LogP contribution is 2.28. The lowest BCUT2D eigenvalue weighted by Gasteiger charge is -2.24. The second-order valence-electron chi connectivity index (χ2n) is 5.49. The third kappa shape index (κ3) is 3.89. The number of pyridine rings is 1. The standard InChI is InChI=1S/C18H20N2OS/c21-17-14-22-18(9-8-15-5-2-1-3-6-15)20(17)12-10-16-7-4-11-19-13-16/h1-7,11,13,18H,8-10,12,14H2. The van der Waals surface area contributed by atoms with Crippen LogP contribution in [0.25, 0.3) is 0 Å². The topological polar surface area (TPSA) is 33.2 Å². The lowest BCUT2D eigenvalue weighted by Crippen LogP contribution is -2.34. The first-order valence-corrected chi connectivity index (χ1v) is 8.72. The molecule has 3 nitrogen and oxygen atoms in total. The van der Waals surface area contributed by atoms with Crippen LogP contribution in [0, 0.1) is 0 Å². The largest absolute Gasteiger partial charge is 0.330 e. The van der Waals surface area contributed by atoms with E-state index in [0.717, 1.165) is 25.8 Å². The summed E-state index contributed by atoms with van der Waals surface area (Å²) < 4.78 is 0. The summed E-state index contributed by atoms with van der Waals surface area (Å²) in [4.78, 5) is 18.3. The van der Waals surface area contributed by atoms with E-state index in [4.69, 9.17) is 0 Å². The highest BCUT2D eigenvalue weighted by atomic mass is 32.2. The van der Waals surface area contributed by atoms with Crippen LogP contribution in [0.4, 0.5) is 0 Å². The summed E-state index contributed by atoms with van der Waals surface area (Å²) in [7, 11) is 0. The Bertz CT molecular complexity index is 603. The fourth-order valence-corrected chi connectivity index (χ4v) is 3.93. The minimum absolute atomic E-state index is 0.270. The maximum atomic E-state index is 12.1. The molecule has 22 heavy (non-hydrogen) atoms. The predicted molar refractivity (Wildman–Crippen MR) is 90.7 cm³/mol. The van der Waals surface area contributed by atoms with E-state index in [1.54, 1.807) is 18.0 Å². The van der Waals surface area contributed by atoms with E-state index in [0.29, 0.717) is 11.1 Å². The van der Waals surface area contributed by atoms with Crippen molar-refractivity contribution in [2.45, 2.75) is 24.6 Å². The van der Waals surface area contributed by atoms with Gasteiger partial charge in [-0.05, 0) is 36.5 Å². The van der Waals surface area contributed by atoms with E-state index >= 15 is 0 Å². The van der Waals surface area contributed by atoms with Crippen molar-refractivity contribution in [3.8, 4) is 0 Å². The smallest absolute Gasteiger partial charge is 0.233 e. The lowest BCUT2D eigenvalue weighted by atomic mass is 10.1. The summed E-state index contributed by atoms with van der Waals surface area (Å²) in [6.45, 7) is 0.789. The van der Waals surface area contributed by atoms with Crippen LogP contribution in [-0.4, -0.2) is 33.5 Å². The summed E-state index contributed by atoms with van der Waals surface area (Å²) >= 11 is 1.77. The minimum Gasteiger partial charge on any atom is -0.330 e. The monoisotopic (exact) mass is 312 g/mol. The zero-order valence-corrected chi connectivity index (χ0v) is 13.3. The number of nitrogens with zero attached hydrogens (tertiary/aromatic N) is 2. The molecule has 1 amide bonds. The summed E-state index contributed by atoms with van der Waals surface area (Å²) in [6, 6.07) is 14.5. The molecule has 0 spiro atoms. The van der Waals surface area contributed by atoms with Gasteiger partial charge in [-0.25, -0.2) is 0 Å². The summed E-state index contributed by atoms with van der Waals surface area (Å²) in [5.74, 6) is 0.888. The van der Waals surface area contributed by atoms with Gasteiger partial charge in [0.15, 0.2) is 0 Å². The number of carbonyl (C=O) groups excluding carboxylic acids is 1. The van der Waals surface area contributed by atoms with Gasteiger partial charge in [0.1, 0.15) is 0 Å². The first kappa shape index (κ1) is 15.1. The molecule has 114 valence electrons. The zero-order chi connectivity index (χ0) is 15.2. The Morgan fingerprint density at radius 2 is 1.91 bits per heavy atom. The van der Waals surface area contributed by atoms with Gasteiger partial charge in [0.2, 0.25) is 5.91 Å². The number of benzene rings is 1. The number of aromatic nitrogens is 1. The Hall–Kier alpha value is -1.81. The van der Waals surface area contributed by atoms with Gasteiger partial charge in [-0.3, -0.25) is 9.78 Å². The fraction of sp³-hybridized carbons (Fsp3) is 0.333. The number of amides is 1. The van der Waals surface area contributed by atoms with E-state index in [1.807, 2.05) is 23.2 Å². The molecule has 1 fully saturated rings. The number of carbonyl (C=O) groups is 1. The average Bonchev–Trinajstić information content (AvgIpc) is 2.93. The first-order chi connectivity index (χ1) is 10.8. The average molecular weight is 312 g/mol. The van der Waals surface area contributed by atoms with Crippen LogP contribution in [0.3, 0.4) is 0 Å². The van der Waals surface area contributed by atoms with Crippen molar-refractivity contribution in [1.29, 1.82) is 0 Å². The Labute approximate surface area is 135 Å². The molecular formula is C18H20N2OS. The van der Waals surface area contributed by atoms with E-state index < -0.39 is 0 Å². The second-order valence-corrected chi connectivity index (χ2v) is 6.65. The van der Waals surface area contributed by atoms with Crippen molar-refractivity contribution in [2.75, 3.05) is 12.3 Å². The molecule has 0 N–H and O–H groups in total. The van der Waals surface area contributed by atoms with Gasteiger partial charge in [0.05, 0.1) is 11.1 Å². The first-order valence-electron chi connectivity index (χ1n) is 7.67. The van der Waals surface area contributed by atoms with Crippen molar-refractivity contribution in [1.82, 2.24) is 9.88 Å². The molecule has 1 saturated heterocycles. The van der Waals surface area contributed by atoms with Crippen LogP contribution < -0.4 is 0 Å². The molecule has 2 heterocycles. The third-order valence-electron chi connectivity index (χ3n) is 3.95. The Morgan fingerprint density at radius 1 is 1.09 bits per heavy atom. The predicted octanol–water partition coefficient (Wildman–Crippen LogP) is 3.16. The SMILES string of the molecule is O=C1CSC(CCc2ccccc2)N1CCc1cccnc1. The number of hydrogen-bond donors (Lipinski definition) is 0. The van der Waals surface area contributed by atoms with Crippen molar-refractivity contribution >= 4 is 17.7 Å². The molecule has 2 aromatic rings. The van der Waals surface area contributed by atoms with E-state index in [9.17, 15) is 4.79 Å². The Kier molecular flexibility index (Phi) is 5.11. The van der Waals surface area contributed by atoms with Crippen molar-refractivity contribution < 1.29 is 4.79 Å². The van der Waals surface area contributed by atoms with E-state index in [2.05, 4.69) is 35.3 Å². The van der Waals surface area contributed by atoms with E-state index in [-0.39, 0.29) is 5.91 Å². The molecule has 1 aromatic carbocycles. The van der Waals surface area contributed by atoms with Gasteiger partial charge >= 0.3 is 0 Å². The molecule has 0 bridgehead atoms. The van der Waals surface area contributed by atoms with E-state index in [1.165, 1.54) is 11.1 Å². The quantitative estimate of drug-likeness (QED) is 0.821. The Morgan fingerprint density at radius 3 is 2.68 bits per heavy atom. The molecule has 0 aliphatic carbocycles. The molecule has 0 radical (unpaired) electrons. The minimum atomic E-state index is 0.270. The highest BCUT2D eigenvalue weighted by Gasteiger charge is 2.30. The van der Waals surface area contributed by atoms with Crippen LogP contribution in [0.15, 0.2) is 54.9 Å². The van der Waals surface area contributed by atoms with Crippen molar-refractivity contribution in [3.63, 3.8) is 0 Å². The summed E-state index contributed by atoms with van der Waals surface area (Å²) in [5.41, 5.74) is 2.53. The van der Waals surface area contributed by atoms with Crippen LogP contribution >= 0.6 is 11.8 Å². The van der Waals surface area contributed by atoms with Crippen LogP contribution in [0.2, 0.25) is 0 Å². The molecule has 1 aliphatic rings. The highest BCUT2D eigenvalue weighted by molar-refractivity contribution is 8.00. The van der Waals surface area contributed by atoms with Crippen molar-refractivity contribution in [3.05, 3.63) is 66.0 Å². The number of rotatable bonds is 6. The van der Waals surface area contributed by atoms with Gasteiger partial charge in [-0.15, -0.1) is 11.8 Å². The maximum Gasteiger partial charge on any atom is 0.233 e. The molecule has 0 saturated carbocycles. The number of hydrogen-bond acceptors (Lipinski definition) is 3. The number of thioether (sulfide) groups is 1. The fourth-order valence-electron chi connectivity index (χ4n) is 2.74. The van der Waals surface area contributed by atoms with Gasteiger partial charge in [-0.2, -0.15) is 0 Å². The summed E-state index contributed by atoms with van der Waals surface area (Å²) in [6.07, 6.45) is 6.58. The van der Waals surface area contributed by atoms with Crippen LogP contribution in [0.1, 0.15) is 17.5 Å². The molecule has 3 rings (SSSR count). The molecule has 1 aromatic heterocycles. The van der Waals surface area contributed by atoms with Crippen molar-refractivity contribution in [2.24, 2.45) is 0 Å². The molecular weight excluding hydrogens is 292 g/mol.